The molecule has 2 rings (SSSR count). The number of morpholine rings is 1. The van der Waals surface area contributed by atoms with Gasteiger partial charge in [-0.15, -0.1) is 0 Å². The van der Waals surface area contributed by atoms with Gasteiger partial charge in [0.25, 0.3) is 11.6 Å². The van der Waals surface area contributed by atoms with Gasteiger partial charge in [0.05, 0.1) is 17.6 Å². The molecule has 7 heteroatoms. The molecule has 0 radical (unpaired) electrons. The fourth-order valence-corrected chi connectivity index (χ4v) is 2.33. The normalized spacial score (nSPS) is 18.9. The van der Waals surface area contributed by atoms with Crippen molar-refractivity contribution in [3.05, 3.63) is 38.9 Å². The highest BCUT2D eigenvalue weighted by molar-refractivity contribution is 6.31. The Bertz CT molecular complexity index is 535. The number of carbonyl (C=O) groups is 1. The number of nitrogens with zero attached hydrogens (tertiary/aromatic N) is 2. The summed E-state index contributed by atoms with van der Waals surface area (Å²) in [5, 5.41) is 11.3. The van der Waals surface area contributed by atoms with Crippen molar-refractivity contribution >= 4 is 23.2 Å². The summed E-state index contributed by atoms with van der Waals surface area (Å²) in [6.45, 7) is 3.29. The molecule has 0 aliphatic carbocycles. The van der Waals surface area contributed by atoms with Crippen molar-refractivity contribution < 1.29 is 14.5 Å². The van der Waals surface area contributed by atoms with Crippen LogP contribution in [-0.2, 0) is 4.74 Å². The number of hydrogen-bond acceptors (Lipinski definition) is 4. The summed E-state index contributed by atoms with van der Waals surface area (Å²) in [5.74, 6) is -0.374. The van der Waals surface area contributed by atoms with E-state index in [1.54, 1.807) is 4.90 Å². The van der Waals surface area contributed by atoms with E-state index in [1.165, 1.54) is 18.2 Å². The molecule has 108 valence electrons. The molecule has 1 unspecified atom stereocenters. The second kappa shape index (κ2) is 6.19. The summed E-state index contributed by atoms with van der Waals surface area (Å²) in [4.78, 5) is 24.5. The quantitative estimate of drug-likeness (QED) is 0.635. The molecule has 6 nitrogen and oxygen atoms in total. The van der Waals surface area contributed by atoms with E-state index in [0.717, 1.165) is 6.42 Å². The molecule has 0 bridgehead atoms. The first-order chi connectivity index (χ1) is 9.52. The number of nitro groups is 1. The largest absolute Gasteiger partial charge is 0.375 e. The molecule has 1 fully saturated rings. The van der Waals surface area contributed by atoms with Crippen LogP contribution in [0.4, 0.5) is 5.69 Å². The summed E-state index contributed by atoms with van der Waals surface area (Å²) in [5.41, 5.74) is -0.196. The molecule has 0 N–H and O–H groups in total. The van der Waals surface area contributed by atoms with Crippen LogP contribution in [0.2, 0.25) is 5.02 Å². The zero-order chi connectivity index (χ0) is 14.7. The van der Waals surface area contributed by atoms with E-state index < -0.39 is 4.92 Å². The third-order valence-corrected chi connectivity index (χ3v) is 3.50. The molecule has 1 atom stereocenters. The summed E-state index contributed by atoms with van der Waals surface area (Å²) in [7, 11) is 0. The third-order valence-electron chi connectivity index (χ3n) is 3.27. The lowest BCUT2D eigenvalue weighted by Gasteiger charge is -2.32. The molecule has 0 aromatic heterocycles. The fraction of sp³-hybridized carbons (Fsp3) is 0.462. The number of halogens is 1. The highest BCUT2D eigenvalue weighted by atomic mass is 35.5. The van der Waals surface area contributed by atoms with Crippen molar-refractivity contribution in [1.29, 1.82) is 0 Å². The minimum atomic E-state index is -0.568. The molecule has 1 aliphatic heterocycles. The fourth-order valence-electron chi connectivity index (χ4n) is 2.16. The number of ether oxygens (including phenoxy) is 1. The Balaban J connectivity index is 2.28. The first-order valence-electron chi connectivity index (χ1n) is 6.37. The predicted octanol–water partition coefficient (Wildman–Crippen LogP) is 2.50. The second-order valence-corrected chi connectivity index (χ2v) is 5.01. The Hall–Kier alpha value is -1.66. The van der Waals surface area contributed by atoms with Gasteiger partial charge in [-0.25, -0.2) is 0 Å². The van der Waals surface area contributed by atoms with Crippen LogP contribution in [-0.4, -0.2) is 41.5 Å². The van der Waals surface area contributed by atoms with E-state index in [9.17, 15) is 14.9 Å². The van der Waals surface area contributed by atoms with Crippen LogP contribution in [0.5, 0.6) is 0 Å². The molecule has 1 aromatic rings. The SMILES string of the molecule is CCC1CN(C(=O)c2cc(Cl)ccc2[N+](=O)[O-])CCO1. The first-order valence-corrected chi connectivity index (χ1v) is 6.75. The van der Waals surface area contributed by atoms with Gasteiger partial charge in [0.1, 0.15) is 5.56 Å². The highest BCUT2D eigenvalue weighted by Crippen LogP contribution is 2.25. The predicted molar refractivity (Wildman–Crippen MR) is 74.0 cm³/mol. The van der Waals surface area contributed by atoms with Crippen molar-refractivity contribution in [1.82, 2.24) is 4.90 Å². The standard InChI is InChI=1S/C13H15ClN2O4/c1-2-10-8-15(5-6-20-10)13(17)11-7-9(14)3-4-12(11)16(18)19/h3-4,7,10H,2,5-6,8H2,1H3. The lowest BCUT2D eigenvalue weighted by molar-refractivity contribution is -0.385. The van der Waals surface area contributed by atoms with Gasteiger partial charge >= 0.3 is 0 Å². The molecular formula is C13H15ClN2O4. The number of hydrogen-bond donors (Lipinski definition) is 0. The lowest BCUT2D eigenvalue weighted by atomic mass is 10.1. The minimum absolute atomic E-state index is 0.0223. The Morgan fingerprint density at radius 1 is 1.60 bits per heavy atom. The zero-order valence-corrected chi connectivity index (χ0v) is 11.8. The van der Waals surface area contributed by atoms with Gasteiger partial charge in [-0.05, 0) is 18.6 Å². The van der Waals surface area contributed by atoms with Crippen LogP contribution in [0.15, 0.2) is 18.2 Å². The molecule has 1 heterocycles. The van der Waals surface area contributed by atoms with E-state index in [0.29, 0.717) is 24.7 Å². The van der Waals surface area contributed by atoms with Gasteiger partial charge in [0, 0.05) is 24.2 Å². The molecule has 1 amide bonds. The highest BCUT2D eigenvalue weighted by Gasteiger charge is 2.28. The first kappa shape index (κ1) is 14.7. The van der Waals surface area contributed by atoms with Crippen molar-refractivity contribution in [2.24, 2.45) is 0 Å². The number of nitro benzene ring substituents is 1. The van der Waals surface area contributed by atoms with Gasteiger partial charge < -0.3 is 9.64 Å². The van der Waals surface area contributed by atoms with Gasteiger partial charge in [-0.2, -0.15) is 0 Å². The lowest BCUT2D eigenvalue weighted by Crippen LogP contribution is -2.45. The number of amides is 1. The smallest absolute Gasteiger partial charge is 0.282 e. The number of benzene rings is 1. The summed E-state index contributed by atoms with van der Waals surface area (Å²) < 4.78 is 5.49. The van der Waals surface area contributed by atoms with Gasteiger partial charge in [0.15, 0.2) is 0 Å². The zero-order valence-electron chi connectivity index (χ0n) is 11.0. The maximum Gasteiger partial charge on any atom is 0.282 e. The maximum atomic E-state index is 12.4. The maximum absolute atomic E-state index is 12.4. The van der Waals surface area contributed by atoms with Gasteiger partial charge in [-0.1, -0.05) is 18.5 Å². The van der Waals surface area contributed by atoms with Crippen LogP contribution >= 0.6 is 11.6 Å². The summed E-state index contributed by atoms with van der Waals surface area (Å²) >= 11 is 5.84. The molecule has 1 saturated heterocycles. The molecule has 1 aliphatic rings. The van der Waals surface area contributed by atoms with Crippen molar-refractivity contribution in [2.45, 2.75) is 19.4 Å². The van der Waals surface area contributed by atoms with E-state index in [2.05, 4.69) is 0 Å². The van der Waals surface area contributed by atoms with E-state index in [-0.39, 0.29) is 23.3 Å². The van der Waals surface area contributed by atoms with E-state index >= 15 is 0 Å². The topological polar surface area (TPSA) is 72.7 Å². The molecule has 0 spiro atoms. The van der Waals surface area contributed by atoms with Crippen molar-refractivity contribution in [3.63, 3.8) is 0 Å². The monoisotopic (exact) mass is 298 g/mol. The van der Waals surface area contributed by atoms with Crippen LogP contribution < -0.4 is 0 Å². The summed E-state index contributed by atoms with van der Waals surface area (Å²) in [6.07, 6.45) is 0.771. The van der Waals surface area contributed by atoms with Gasteiger partial charge in [0.2, 0.25) is 0 Å². The second-order valence-electron chi connectivity index (χ2n) is 4.57. The molecule has 1 aromatic carbocycles. The average Bonchev–Trinajstić information content (AvgIpc) is 2.46. The Labute approximate surface area is 121 Å². The van der Waals surface area contributed by atoms with Crippen LogP contribution in [0.3, 0.4) is 0 Å². The number of rotatable bonds is 3. The van der Waals surface area contributed by atoms with Crippen molar-refractivity contribution in [2.75, 3.05) is 19.7 Å². The minimum Gasteiger partial charge on any atom is -0.375 e. The molecule has 20 heavy (non-hydrogen) atoms. The van der Waals surface area contributed by atoms with Crippen LogP contribution in [0.1, 0.15) is 23.7 Å². The Kier molecular flexibility index (Phi) is 4.57. The number of carbonyl (C=O) groups excluding carboxylic acids is 1. The Morgan fingerprint density at radius 3 is 3.00 bits per heavy atom. The van der Waals surface area contributed by atoms with Crippen LogP contribution in [0, 0.1) is 10.1 Å². The van der Waals surface area contributed by atoms with Crippen LogP contribution in [0.25, 0.3) is 0 Å². The van der Waals surface area contributed by atoms with Gasteiger partial charge in [-0.3, -0.25) is 14.9 Å². The molecular weight excluding hydrogens is 284 g/mol. The third kappa shape index (κ3) is 3.08. The van der Waals surface area contributed by atoms with E-state index in [1.807, 2.05) is 6.92 Å². The Morgan fingerprint density at radius 2 is 2.35 bits per heavy atom. The van der Waals surface area contributed by atoms with Crippen molar-refractivity contribution in [3.8, 4) is 0 Å². The summed E-state index contributed by atoms with van der Waals surface area (Å²) in [6, 6.07) is 4.01. The molecule has 0 saturated carbocycles. The average molecular weight is 299 g/mol. The van der Waals surface area contributed by atoms with E-state index in [4.69, 9.17) is 16.3 Å².